The topological polar surface area (TPSA) is 23.5 Å². The van der Waals surface area contributed by atoms with Crippen molar-refractivity contribution >= 4 is 9.39 Å². The van der Waals surface area contributed by atoms with E-state index in [1.54, 1.807) is 0 Å². The minimum absolute atomic E-state index is 0.0354. The van der Waals surface area contributed by atoms with E-state index in [-0.39, 0.29) is 6.10 Å². The predicted octanol–water partition coefficient (Wildman–Crippen LogP) is 1.26. The molecule has 1 fully saturated rings. The average molecular weight is 163 g/mol. The summed E-state index contributed by atoms with van der Waals surface area (Å²) < 4.78 is 2.16. The lowest BCUT2D eigenvalue weighted by molar-refractivity contribution is 0.116. The van der Waals surface area contributed by atoms with Gasteiger partial charge in [-0.25, -0.2) is 0 Å². The molecule has 1 N–H and O–H groups in total. The van der Waals surface area contributed by atoms with Crippen LogP contribution in [0.3, 0.4) is 0 Å². The number of aliphatic hydroxyl groups is 1. The van der Waals surface area contributed by atoms with Gasteiger partial charge in [0.15, 0.2) is 0 Å². The van der Waals surface area contributed by atoms with Gasteiger partial charge in [-0.3, -0.25) is 4.67 Å². The number of rotatable bonds is 0. The third-order valence-corrected chi connectivity index (χ3v) is 2.02. The van der Waals surface area contributed by atoms with E-state index in [0.717, 1.165) is 25.9 Å². The van der Waals surface area contributed by atoms with Crippen molar-refractivity contribution in [2.45, 2.75) is 32.8 Å². The molecule has 0 radical (unpaired) electrons. The molecule has 1 rings (SSSR count). The summed E-state index contributed by atoms with van der Waals surface area (Å²) in [5.74, 6) is 0. The van der Waals surface area contributed by atoms with Crippen LogP contribution in [0.15, 0.2) is 0 Å². The lowest BCUT2D eigenvalue weighted by Gasteiger charge is -2.24. The quantitative estimate of drug-likeness (QED) is 0.543. The predicted molar refractivity (Wildman–Crippen MR) is 47.9 cm³/mol. The molecule has 3 heteroatoms. The lowest BCUT2D eigenvalue weighted by atomic mass is 10.1. The fraction of sp³-hybridized carbons (Fsp3) is 1.00. The van der Waals surface area contributed by atoms with E-state index in [1.807, 2.05) is 13.8 Å². The molecule has 1 saturated heterocycles. The zero-order valence-corrected chi connectivity index (χ0v) is 8.03. The van der Waals surface area contributed by atoms with Crippen LogP contribution >= 0.6 is 9.39 Å². The van der Waals surface area contributed by atoms with Crippen molar-refractivity contribution in [3.05, 3.63) is 0 Å². The van der Waals surface area contributed by atoms with Crippen LogP contribution < -0.4 is 0 Å². The second kappa shape index (κ2) is 6.09. The lowest BCUT2D eigenvalue weighted by Crippen LogP contribution is -2.28. The largest absolute Gasteiger partial charge is 0.393 e. The van der Waals surface area contributed by atoms with E-state index in [2.05, 4.69) is 14.1 Å². The molecule has 2 nitrogen and oxygen atoms in total. The summed E-state index contributed by atoms with van der Waals surface area (Å²) in [5, 5.41) is 8.99. The van der Waals surface area contributed by atoms with Gasteiger partial charge in [0.05, 0.1) is 6.10 Å². The fourth-order valence-corrected chi connectivity index (χ4v) is 1.18. The van der Waals surface area contributed by atoms with Crippen molar-refractivity contribution in [1.82, 2.24) is 4.67 Å². The molecule has 0 bridgehead atoms. The highest BCUT2D eigenvalue weighted by molar-refractivity contribution is 7.13. The Morgan fingerprint density at radius 3 is 2.00 bits per heavy atom. The van der Waals surface area contributed by atoms with Gasteiger partial charge in [0.2, 0.25) is 0 Å². The van der Waals surface area contributed by atoms with Crippen LogP contribution in [-0.4, -0.2) is 29.0 Å². The number of piperidine rings is 1. The number of hydrogen-bond acceptors (Lipinski definition) is 2. The van der Waals surface area contributed by atoms with Gasteiger partial charge in [-0.2, -0.15) is 0 Å². The van der Waals surface area contributed by atoms with Gasteiger partial charge in [-0.05, 0) is 12.8 Å². The fourth-order valence-electron chi connectivity index (χ4n) is 0.886. The normalized spacial score (nSPS) is 21.6. The molecule has 0 saturated carbocycles. The molecule has 0 amide bonds. The maximum absolute atomic E-state index is 8.99. The first kappa shape index (κ1) is 10.3. The smallest absolute Gasteiger partial charge is 0.0564 e. The molecule has 62 valence electrons. The summed E-state index contributed by atoms with van der Waals surface area (Å²) in [6.45, 7) is 6.04. The summed E-state index contributed by atoms with van der Waals surface area (Å²) in [5.41, 5.74) is 0. The Bertz CT molecular complexity index is 62.0. The van der Waals surface area contributed by atoms with E-state index in [0.29, 0.717) is 0 Å². The van der Waals surface area contributed by atoms with Crippen LogP contribution in [-0.2, 0) is 0 Å². The molecular weight excluding hydrogens is 145 g/mol. The van der Waals surface area contributed by atoms with Crippen LogP contribution in [0.1, 0.15) is 26.7 Å². The van der Waals surface area contributed by atoms with Gasteiger partial charge in [-0.1, -0.05) is 23.2 Å². The zero-order valence-electron chi connectivity index (χ0n) is 6.88. The Hall–Kier alpha value is 0.350. The van der Waals surface area contributed by atoms with Crippen molar-refractivity contribution in [3.8, 4) is 0 Å². The molecule has 0 aromatic heterocycles. The molecule has 1 aliphatic rings. The molecule has 1 unspecified atom stereocenters. The maximum atomic E-state index is 8.99. The van der Waals surface area contributed by atoms with Gasteiger partial charge >= 0.3 is 0 Å². The van der Waals surface area contributed by atoms with Crippen LogP contribution in [0.2, 0.25) is 0 Å². The standard InChI is InChI=1S/C5H12NOP.C2H6/c7-5-1-3-6(8)4-2-5;1-2/h5,7H,1-4,8H2;1-2H3. The van der Waals surface area contributed by atoms with E-state index >= 15 is 0 Å². The van der Waals surface area contributed by atoms with Gasteiger partial charge in [0.1, 0.15) is 0 Å². The number of aliphatic hydroxyl groups excluding tert-OH is 1. The molecule has 0 aliphatic carbocycles. The second-order valence-electron chi connectivity index (χ2n) is 2.27. The van der Waals surface area contributed by atoms with Gasteiger partial charge in [0.25, 0.3) is 0 Å². The minimum atomic E-state index is -0.0354. The highest BCUT2D eigenvalue weighted by Crippen LogP contribution is 2.12. The number of nitrogens with zero attached hydrogens (tertiary/aromatic N) is 1. The van der Waals surface area contributed by atoms with Gasteiger partial charge < -0.3 is 5.11 Å². The van der Waals surface area contributed by atoms with Crippen molar-refractivity contribution in [2.24, 2.45) is 0 Å². The Morgan fingerprint density at radius 1 is 1.30 bits per heavy atom. The Kier molecular flexibility index (Phi) is 6.30. The maximum Gasteiger partial charge on any atom is 0.0564 e. The van der Waals surface area contributed by atoms with E-state index < -0.39 is 0 Å². The zero-order chi connectivity index (χ0) is 7.98. The van der Waals surface area contributed by atoms with E-state index in [1.165, 1.54) is 0 Å². The second-order valence-corrected chi connectivity index (χ2v) is 3.00. The molecule has 1 atom stereocenters. The first-order chi connectivity index (χ1) is 4.79. The third-order valence-electron chi connectivity index (χ3n) is 1.50. The minimum Gasteiger partial charge on any atom is -0.393 e. The molecule has 0 aromatic rings. The summed E-state index contributed by atoms with van der Waals surface area (Å²) in [7, 11) is 2.64. The van der Waals surface area contributed by atoms with Crippen molar-refractivity contribution in [3.63, 3.8) is 0 Å². The highest BCUT2D eigenvalue weighted by Gasteiger charge is 2.12. The third kappa shape index (κ3) is 4.21. The molecular formula is C7H18NOP. The summed E-state index contributed by atoms with van der Waals surface area (Å²) in [4.78, 5) is 0. The van der Waals surface area contributed by atoms with Crippen molar-refractivity contribution in [1.29, 1.82) is 0 Å². The van der Waals surface area contributed by atoms with Crippen molar-refractivity contribution < 1.29 is 5.11 Å². The Balaban J connectivity index is 0.000000371. The molecule has 0 aromatic carbocycles. The van der Waals surface area contributed by atoms with E-state index in [9.17, 15) is 0 Å². The molecule has 0 spiro atoms. The van der Waals surface area contributed by atoms with Crippen LogP contribution in [0.5, 0.6) is 0 Å². The van der Waals surface area contributed by atoms with E-state index in [4.69, 9.17) is 5.11 Å². The number of hydrogen-bond donors (Lipinski definition) is 1. The summed E-state index contributed by atoms with van der Waals surface area (Å²) >= 11 is 0. The van der Waals surface area contributed by atoms with Crippen LogP contribution in [0.4, 0.5) is 0 Å². The van der Waals surface area contributed by atoms with Crippen LogP contribution in [0.25, 0.3) is 0 Å². The molecule has 1 aliphatic heterocycles. The summed E-state index contributed by atoms with van der Waals surface area (Å²) in [6.07, 6.45) is 1.83. The monoisotopic (exact) mass is 163 g/mol. The van der Waals surface area contributed by atoms with Crippen LogP contribution in [0, 0.1) is 0 Å². The first-order valence-electron chi connectivity index (χ1n) is 3.97. The first-order valence-corrected chi connectivity index (χ1v) is 4.48. The van der Waals surface area contributed by atoms with Crippen molar-refractivity contribution in [2.75, 3.05) is 13.1 Å². The SMILES string of the molecule is CC.OC1CCN(P)CC1. The average Bonchev–Trinajstić information content (AvgIpc) is 2.00. The Labute approximate surface area is 65.9 Å². The Morgan fingerprint density at radius 2 is 1.70 bits per heavy atom. The highest BCUT2D eigenvalue weighted by atomic mass is 31.0. The van der Waals surface area contributed by atoms with Gasteiger partial charge in [0, 0.05) is 13.1 Å². The summed E-state index contributed by atoms with van der Waals surface area (Å²) in [6, 6.07) is 0. The molecule has 10 heavy (non-hydrogen) atoms. The van der Waals surface area contributed by atoms with Gasteiger partial charge in [-0.15, -0.1) is 0 Å². The molecule has 1 heterocycles.